The number of fused-ring (bicyclic) bond motifs is 1. The van der Waals surface area contributed by atoms with Crippen LogP contribution in [0.1, 0.15) is 0 Å². The van der Waals surface area contributed by atoms with Gasteiger partial charge in [-0.05, 0) is 12.1 Å². The molecule has 1 N–H and O–H groups in total. The molecule has 0 fully saturated rings. The van der Waals surface area contributed by atoms with Crippen molar-refractivity contribution in [2.75, 3.05) is 29.6 Å². The van der Waals surface area contributed by atoms with Crippen LogP contribution in [-0.2, 0) is 14.6 Å². The summed E-state index contributed by atoms with van der Waals surface area (Å²) in [5, 5.41) is 2.32. The van der Waals surface area contributed by atoms with E-state index < -0.39 is 35.0 Å². The number of halogens is 3. The van der Waals surface area contributed by atoms with Gasteiger partial charge in [0.1, 0.15) is 6.54 Å². The van der Waals surface area contributed by atoms with Crippen LogP contribution in [0.5, 0.6) is 0 Å². The SMILES string of the molecule is CS(=O)(=O)c1cccc2c1NC(=O)CN2CC(F)(F)F. The smallest absolute Gasteiger partial charge is 0.351 e. The highest BCUT2D eigenvalue weighted by molar-refractivity contribution is 7.90. The Bertz CT molecular complexity index is 655. The summed E-state index contributed by atoms with van der Waals surface area (Å²) in [7, 11) is -3.66. The van der Waals surface area contributed by atoms with Crippen molar-refractivity contribution in [3.63, 3.8) is 0 Å². The van der Waals surface area contributed by atoms with Crippen LogP contribution in [0.3, 0.4) is 0 Å². The molecule has 0 spiro atoms. The van der Waals surface area contributed by atoms with Gasteiger partial charge in [-0.25, -0.2) is 8.42 Å². The molecule has 1 aromatic carbocycles. The summed E-state index contributed by atoms with van der Waals surface area (Å²) in [6, 6.07) is 3.93. The standard InChI is InChI=1S/C11H11F3N2O3S/c1-20(18,19)8-4-2-3-7-10(8)15-9(17)5-16(7)6-11(12,13)14/h2-4H,5-6H2,1H3,(H,15,17). The number of carbonyl (C=O) groups excluding carboxylic acids is 1. The highest BCUT2D eigenvalue weighted by Gasteiger charge is 2.35. The molecule has 0 atom stereocenters. The number of rotatable bonds is 2. The summed E-state index contributed by atoms with van der Waals surface area (Å²) in [4.78, 5) is 12.1. The van der Waals surface area contributed by atoms with E-state index in [2.05, 4.69) is 5.32 Å². The lowest BCUT2D eigenvalue weighted by molar-refractivity contribution is -0.122. The molecule has 0 saturated heterocycles. The summed E-state index contributed by atoms with van der Waals surface area (Å²) in [6.07, 6.45) is -3.56. The molecular formula is C11H11F3N2O3S. The molecule has 1 aliphatic heterocycles. The first-order chi connectivity index (χ1) is 9.08. The van der Waals surface area contributed by atoms with Crippen molar-refractivity contribution in [2.45, 2.75) is 11.1 Å². The van der Waals surface area contributed by atoms with E-state index in [1.807, 2.05) is 0 Å². The quantitative estimate of drug-likeness (QED) is 0.897. The van der Waals surface area contributed by atoms with Gasteiger partial charge in [0.2, 0.25) is 5.91 Å². The topological polar surface area (TPSA) is 66.5 Å². The zero-order chi connectivity index (χ0) is 15.1. The molecule has 1 aliphatic rings. The van der Waals surface area contributed by atoms with E-state index in [0.29, 0.717) is 0 Å². The van der Waals surface area contributed by atoms with Crippen molar-refractivity contribution >= 4 is 27.1 Å². The molecule has 5 nitrogen and oxygen atoms in total. The first-order valence-electron chi connectivity index (χ1n) is 5.52. The molecule has 0 radical (unpaired) electrons. The number of para-hydroxylation sites is 1. The minimum absolute atomic E-state index is 0.0462. The van der Waals surface area contributed by atoms with Crippen molar-refractivity contribution in [2.24, 2.45) is 0 Å². The number of anilines is 2. The molecule has 20 heavy (non-hydrogen) atoms. The van der Waals surface area contributed by atoms with Crippen LogP contribution < -0.4 is 10.2 Å². The Labute approximate surface area is 113 Å². The molecule has 0 bridgehead atoms. The van der Waals surface area contributed by atoms with Gasteiger partial charge in [0.15, 0.2) is 9.84 Å². The maximum Gasteiger partial charge on any atom is 0.405 e. The van der Waals surface area contributed by atoms with E-state index in [0.717, 1.165) is 11.2 Å². The number of sulfone groups is 1. The second kappa shape index (κ2) is 4.65. The monoisotopic (exact) mass is 308 g/mol. The Hall–Kier alpha value is -1.77. The summed E-state index contributed by atoms with van der Waals surface area (Å²) < 4.78 is 60.7. The van der Waals surface area contributed by atoms with Crippen molar-refractivity contribution in [3.8, 4) is 0 Å². The van der Waals surface area contributed by atoms with E-state index in [1.54, 1.807) is 0 Å². The number of alkyl halides is 3. The van der Waals surface area contributed by atoms with E-state index in [9.17, 15) is 26.4 Å². The number of nitrogens with zero attached hydrogens (tertiary/aromatic N) is 1. The molecular weight excluding hydrogens is 297 g/mol. The summed E-state index contributed by atoms with van der Waals surface area (Å²) in [5.41, 5.74) is -0.0552. The maximum atomic E-state index is 12.5. The second-order valence-electron chi connectivity index (χ2n) is 4.44. The molecule has 0 unspecified atom stereocenters. The predicted molar refractivity (Wildman–Crippen MR) is 66.4 cm³/mol. The number of hydrogen-bond donors (Lipinski definition) is 1. The van der Waals surface area contributed by atoms with Crippen LogP contribution in [0.25, 0.3) is 0 Å². The first kappa shape index (κ1) is 14.6. The lowest BCUT2D eigenvalue weighted by atomic mass is 10.2. The maximum absolute atomic E-state index is 12.5. The van der Waals surface area contributed by atoms with E-state index in [4.69, 9.17) is 0 Å². The van der Waals surface area contributed by atoms with Crippen LogP contribution in [0.2, 0.25) is 0 Å². The molecule has 110 valence electrons. The fourth-order valence-electron chi connectivity index (χ4n) is 2.01. The van der Waals surface area contributed by atoms with Crippen LogP contribution in [0, 0.1) is 0 Å². The highest BCUT2D eigenvalue weighted by atomic mass is 32.2. The summed E-state index contributed by atoms with van der Waals surface area (Å²) in [6.45, 7) is -1.79. The van der Waals surface area contributed by atoms with Crippen molar-refractivity contribution < 1.29 is 26.4 Å². The van der Waals surface area contributed by atoms with Gasteiger partial charge < -0.3 is 10.2 Å². The normalized spacial score (nSPS) is 15.8. The molecule has 9 heteroatoms. The van der Waals surface area contributed by atoms with Crippen molar-refractivity contribution in [1.29, 1.82) is 0 Å². The van der Waals surface area contributed by atoms with E-state index >= 15 is 0 Å². The predicted octanol–water partition coefficient (Wildman–Crippen LogP) is 1.41. The Kier molecular flexibility index (Phi) is 3.41. The zero-order valence-electron chi connectivity index (χ0n) is 10.4. The van der Waals surface area contributed by atoms with Gasteiger partial charge in [0.05, 0.1) is 22.8 Å². The van der Waals surface area contributed by atoms with Gasteiger partial charge in [-0.1, -0.05) is 6.07 Å². The zero-order valence-corrected chi connectivity index (χ0v) is 11.2. The minimum Gasteiger partial charge on any atom is -0.351 e. The van der Waals surface area contributed by atoms with Gasteiger partial charge in [-0.3, -0.25) is 4.79 Å². The molecule has 0 saturated carbocycles. The molecule has 2 rings (SSSR count). The average molecular weight is 308 g/mol. The minimum atomic E-state index is -4.49. The molecule has 1 aromatic rings. The third-order valence-corrected chi connectivity index (χ3v) is 3.85. The number of nitrogens with one attached hydrogen (secondary N) is 1. The van der Waals surface area contributed by atoms with Crippen LogP contribution in [0.15, 0.2) is 23.1 Å². The third kappa shape index (κ3) is 3.03. The van der Waals surface area contributed by atoms with Gasteiger partial charge in [-0.15, -0.1) is 0 Å². The van der Waals surface area contributed by atoms with Crippen LogP contribution >= 0.6 is 0 Å². The van der Waals surface area contributed by atoms with Crippen LogP contribution in [0.4, 0.5) is 24.5 Å². The Morgan fingerprint density at radius 2 is 2.00 bits per heavy atom. The van der Waals surface area contributed by atoms with Gasteiger partial charge in [0.25, 0.3) is 0 Å². The van der Waals surface area contributed by atoms with Crippen molar-refractivity contribution in [3.05, 3.63) is 18.2 Å². The second-order valence-corrected chi connectivity index (χ2v) is 6.43. The highest BCUT2D eigenvalue weighted by Crippen LogP contribution is 2.36. The molecule has 0 aliphatic carbocycles. The van der Waals surface area contributed by atoms with Gasteiger partial charge in [0, 0.05) is 6.26 Å². The third-order valence-electron chi connectivity index (χ3n) is 2.71. The largest absolute Gasteiger partial charge is 0.405 e. The number of carbonyl (C=O) groups is 1. The van der Waals surface area contributed by atoms with Gasteiger partial charge >= 0.3 is 6.18 Å². The number of hydrogen-bond acceptors (Lipinski definition) is 4. The summed E-state index contributed by atoms with van der Waals surface area (Å²) >= 11 is 0. The number of amides is 1. The van der Waals surface area contributed by atoms with E-state index in [-0.39, 0.29) is 16.3 Å². The van der Waals surface area contributed by atoms with Gasteiger partial charge in [-0.2, -0.15) is 13.2 Å². The summed E-state index contributed by atoms with van der Waals surface area (Å²) in [5.74, 6) is -0.683. The Morgan fingerprint density at radius 1 is 1.35 bits per heavy atom. The first-order valence-corrected chi connectivity index (χ1v) is 7.42. The molecule has 0 aromatic heterocycles. The molecule has 1 amide bonds. The fourth-order valence-corrected chi connectivity index (χ4v) is 2.86. The van der Waals surface area contributed by atoms with Crippen molar-refractivity contribution in [1.82, 2.24) is 0 Å². The Balaban J connectivity index is 2.54. The van der Waals surface area contributed by atoms with E-state index in [1.165, 1.54) is 18.2 Å². The lowest BCUT2D eigenvalue weighted by Crippen LogP contribution is -2.43. The number of benzene rings is 1. The Morgan fingerprint density at radius 3 is 2.55 bits per heavy atom. The molecule has 1 heterocycles. The average Bonchev–Trinajstić information content (AvgIpc) is 2.24. The lowest BCUT2D eigenvalue weighted by Gasteiger charge is -2.32. The van der Waals surface area contributed by atoms with Crippen LogP contribution in [-0.4, -0.2) is 39.8 Å². The fraction of sp³-hybridized carbons (Fsp3) is 0.364.